The first kappa shape index (κ1) is 11.5. The molecular weight excluding hydrogens is 196 g/mol. The zero-order valence-electron chi connectivity index (χ0n) is 10.5. The van der Waals surface area contributed by atoms with Crippen molar-refractivity contribution >= 4 is 5.69 Å². The minimum Gasteiger partial charge on any atom is -0.367 e. The van der Waals surface area contributed by atoms with Crippen molar-refractivity contribution in [3.8, 4) is 0 Å². The van der Waals surface area contributed by atoms with Gasteiger partial charge in [-0.05, 0) is 44.2 Å². The van der Waals surface area contributed by atoms with Crippen molar-refractivity contribution in [1.82, 2.24) is 0 Å². The van der Waals surface area contributed by atoms with Crippen molar-refractivity contribution in [2.45, 2.75) is 32.2 Å². The van der Waals surface area contributed by atoms with E-state index in [1.54, 1.807) is 0 Å². The quantitative estimate of drug-likeness (QED) is 0.841. The largest absolute Gasteiger partial charge is 0.367 e. The van der Waals surface area contributed by atoms with Gasteiger partial charge in [0, 0.05) is 19.3 Å². The average Bonchev–Trinajstić information content (AvgIpc) is 3.12. The van der Waals surface area contributed by atoms with Gasteiger partial charge in [-0.2, -0.15) is 0 Å². The molecule has 0 saturated heterocycles. The molecule has 2 N–H and O–H groups in total. The fourth-order valence-corrected chi connectivity index (χ4v) is 2.50. The molecule has 0 amide bonds. The lowest BCUT2D eigenvalue weighted by Gasteiger charge is -2.41. The Hall–Kier alpha value is -1.02. The summed E-state index contributed by atoms with van der Waals surface area (Å²) in [5.74, 6) is 0.766. The van der Waals surface area contributed by atoms with Crippen molar-refractivity contribution in [3.63, 3.8) is 0 Å². The van der Waals surface area contributed by atoms with Crippen molar-refractivity contribution in [3.05, 3.63) is 29.8 Å². The first-order valence-corrected chi connectivity index (χ1v) is 6.09. The van der Waals surface area contributed by atoms with Gasteiger partial charge in [0.1, 0.15) is 0 Å². The second-order valence-electron chi connectivity index (χ2n) is 5.18. The number of hydrogen-bond acceptors (Lipinski definition) is 2. The van der Waals surface area contributed by atoms with E-state index in [2.05, 4.69) is 50.1 Å². The number of anilines is 1. The van der Waals surface area contributed by atoms with E-state index in [0.717, 1.165) is 12.5 Å². The molecular formula is C14H22N2. The molecule has 2 nitrogen and oxygen atoms in total. The van der Waals surface area contributed by atoms with Gasteiger partial charge in [0.2, 0.25) is 0 Å². The number of aryl methyl sites for hydroxylation is 1. The maximum absolute atomic E-state index is 5.99. The monoisotopic (exact) mass is 218 g/mol. The van der Waals surface area contributed by atoms with E-state index in [1.807, 2.05) is 0 Å². The van der Waals surface area contributed by atoms with Gasteiger partial charge in [0.05, 0.1) is 5.54 Å². The van der Waals surface area contributed by atoms with Crippen LogP contribution in [0.3, 0.4) is 0 Å². The third-order valence-electron chi connectivity index (χ3n) is 4.11. The van der Waals surface area contributed by atoms with Gasteiger partial charge in [0.15, 0.2) is 0 Å². The first-order chi connectivity index (χ1) is 7.59. The number of likely N-dealkylation sites (N-methyl/N-ethyl adjacent to an activating group) is 1. The topological polar surface area (TPSA) is 29.3 Å². The second kappa shape index (κ2) is 4.10. The molecule has 0 aromatic heterocycles. The van der Waals surface area contributed by atoms with E-state index in [-0.39, 0.29) is 5.54 Å². The normalized spacial score (nSPS) is 19.2. The number of hydrogen-bond donors (Lipinski definition) is 1. The Morgan fingerprint density at radius 2 is 2.00 bits per heavy atom. The summed E-state index contributed by atoms with van der Waals surface area (Å²) in [6.07, 6.45) is 2.65. The molecule has 2 rings (SSSR count). The van der Waals surface area contributed by atoms with Gasteiger partial charge in [-0.15, -0.1) is 0 Å². The van der Waals surface area contributed by atoms with Crippen LogP contribution in [-0.2, 0) is 0 Å². The maximum Gasteiger partial charge on any atom is 0.0521 e. The van der Waals surface area contributed by atoms with E-state index in [0.29, 0.717) is 0 Å². The first-order valence-electron chi connectivity index (χ1n) is 6.09. The van der Waals surface area contributed by atoms with Crippen LogP contribution >= 0.6 is 0 Å². The highest BCUT2D eigenvalue weighted by molar-refractivity contribution is 5.54. The van der Waals surface area contributed by atoms with E-state index >= 15 is 0 Å². The van der Waals surface area contributed by atoms with E-state index in [4.69, 9.17) is 5.73 Å². The zero-order chi connectivity index (χ0) is 11.8. The SMILES string of the molecule is Cc1ccccc1N(C)C(C)(CN)C1CC1. The van der Waals surface area contributed by atoms with Gasteiger partial charge < -0.3 is 10.6 Å². The molecule has 1 unspecified atom stereocenters. The summed E-state index contributed by atoms with van der Waals surface area (Å²) in [7, 11) is 2.17. The van der Waals surface area contributed by atoms with Crippen LogP contribution in [0.4, 0.5) is 5.69 Å². The lowest BCUT2D eigenvalue weighted by molar-refractivity contribution is 0.397. The lowest BCUT2D eigenvalue weighted by atomic mass is 9.92. The molecule has 2 heteroatoms. The molecule has 0 heterocycles. The van der Waals surface area contributed by atoms with E-state index in [9.17, 15) is 0 Å². The van der Waals surface area contributed by atoms with Gasteiger partial charge in [0.25, 0.3) is 0 Å². The Morgan fingerprint density at radius 3 is 2.50 bits per heavy atom. The molecule has 1 atom stereocenters. The summed E-state index contributed by atoms with van der Waals surface area (Å²) in [4.78, 5) is 2.38. The lowest BCUT2D eigenvalue weighted by Crippen LogP contribution is -2.52. The van der Waals surface area contributed by atoms with Crippen LogP contribution in [0.2, 0.25) is 0 Å². The van der Waals surface area contributed by atoms with Crippen LogP contribution in [0.1, 0.15) is 25.3 Å². The highest BCUT2D eigenvalue weighted by atomic mass is 15.2. The number of nitrogens with two attached hydrogens (primary N) is 1. The van der Waals surface area contributed by atoms with Gasteiger partial charge in [-0.3, -0.25) is 0 Å². The molecule has 0 aliphatic heterocycles. The molecule has 1 aliphatic carbocycles. The van der Waals surface area contributed by atoms with Crippen molar-refractivity contribution in [2.75, 3.05) is 18.5 Å². The molecule has 0 spiro atoms. The minimum atomic E-state index is 0.117. The summed E-state index contributed by atoms with van der Waals surface area (Å²) >= 11 is 0. The molecule has 88 valence electrons. The molecule has 0 bridgehead atoms. The third kappa shape index (κ3) is 1.82. The summed E-state index contributed by atoms with van der Waals surface area (Å²) < 4.78 is 0. The molecule has 1 aromatic carbocycles. The Kier molecular flexibility index (Phi) is 2.94. The van der Waals surface area contributed by atoms with Crippen LogP contribution in [0.15, 0.2) is 24.3 Å². The molecule has 16 heavy (non-hydrogen) atoms. The fourth-order valence-electron chi connectivity index (χ4n) is 2.50. The summed E-state index contributed by atoms with van der Waals surface area (Å²) in [5, 5.41) is 0. The molecule has 1 saturated carbocycles. The van der Waals surface area contributed by atoms with E-state index in [1.165, 1.54) is 24.1 Å². The van der Waals surface area contributed by atoms with Crippen LogP contribution in [0.25, 0.3) is 0 Å². The second-order valence-corrected chi connectivity index (χ2v) is 5.18. The fraction of sp³-hybridized carbons (Fsp3) is 0.571. The van der Waals surface area contributed by atoms with Crippen molar-refractivity contribution in [2.24, 2.45) is 11.7 Å². The highest BCUT2D eigenvalue weighted by Crippen LogP contribution is 2.43. The van der Waals surface area contributed by atoms with Crippen LogP contribution in [0, 0.1) is 12.8 Å². The predicted octanol–water partition coefficient (Wildman–Crippen LogP) is 2.56. The Labute approximate surface area is 98.4 Å². The smallest absolute Gasteiger partial charge is 0.0521 e. The van der Waals surface area contributed by atoms with Gasteiger partial charge in [-0.25, -0.2) is 0 Å². The van der Waals surface area contributed by atoms with Crippen LogP contribution < -0.4 is 10.6 Å². The van der Waals surface area contributed by atoms with Crippen molar-refractivity contribution in [1.29, 1.82) is 0 Å². The predicted molar refractivity (Wildman–Crippen MR) is 69.8 cm³/mol. The van der Waals surface area contributed by atoms with Gasteiger partial charge in [-0.1, -0.05) is 18.2 Å². The number of benzene rings is 1. The van der Waals surface area contributed by atoms with Crippen LogP contribution in [0.5, 0.6) is 0 Å². The standard InChI is InChI=1S/C14H22N2/c1-11-6-4-5-7-13(11)16(3)14(2,10-15)12-8-9-12/h4-7,12H,8-10,15H2,1-3H3. The zero-order valence-corrected chi connectivity index (χ0v) is 10.5. The number of para-hydroxylation sites is 1. The number of nitrogens with zero attached hydrogens (tertiary/aromatic N) is 1. The maximum atomic E-state index is 5.99. The van der Waals surface area contributed by atoms with Crippen molar-refractivity contribution < 1.29 is 0 Å². The summed E-state index contributed by atoms with van der Waals surface area (Å²) in [6.45, 7) is 5.18. The Balaban J connectivity index is 2.30. The number of rotatable bonds is 4. The third-order valence-corrected chi connectivity index (χ3v) is 4.11. The Bertz CT molecular complexity index is 371. The highest BCUT2D eigenvalue weighted by Gasteiger charge is 2.43. The molecule has 1 aliphatic rings. The Morgan fingerprint density at radius 1 is 1.38 bits per heavy atom. The molecule has 0 radical (unpaired) electrons. The average molecular weight is 218 g/mol. The van der Waals surface area contributed by atoms with E-state index < -0.39 is 0 Å². The molecule has 1 fully saturated rings. The summed E-state index contributed by atoms with van der Waals surface area (Å²) in [6, 6.07) is 8.54. The molecule has 1 aromatic rings. The van der Waals surface area contributed by atoms with Crippen LogP contribution in [-0.4, -0.2) is 19.1 Å². The van der Waals surface area contributed by atoms with Gasteiger partial charge >= 0.3 is 0 Å². The minimum absolute atomic E-state index is 0.117. The summed E-state index contributed by atoms with van der Waals surface area (Å²) in [5.41, 5.74) is 8.74.